The smallest absolute Gasteiger partial charge is 0.306 e. The summed E-state index contributed by atoms with van der Waals surface area (Å²) in [5, 5.41) is 0. The predicted octanol–water partition coefficient (Wildman–Crippen LogP) is 6.10. The fraction of sp³-hybridized carbons (Fsp3) is 0.353. The molecule has 0 aromatic heterocycles. The molecule has 0 amide bonds. The lowest BCUT2D eigenvalue weighted by Crippen LogP contribution is -2.30. The summed E-state index contributed by atoms with van der Waals surface area (Å²) in [6, 6.07) is 11.1. The molecular formula is C34H43NO11S3. The third-order valence-corrected chi connectivity index (χ3v) is 9.02. The van der Waals surface area contributed by atoms with Crippen molar-refractivity contribution in [3.63, 3.8) is 0 Å². The van der Waals surface area contributed by atoms with Gasteiger partial charge in [0.1, 0.15) is 12.4 Å². The van der Waals surface area contributed by atoms with E-state index in [2.05, 4.69) is 0 Å². The molecular weight excluding hydrogens is 695 g/mol. The van der Waals surface area contributed by atoms with Gasteiger partial charge in [-0.15, -0.1) is 0 Å². The third kappa shape index (κ3) is 10.6. The zero-order valence-electron chi connectivity index (χ0n) is 29.3. The maximum atomic E-state index is 12.9. The Kier molecular flexibility index (Phi) is 12.5. The Labute approximate surface area is 290 Å². The first kappa shape index (κ1) is 39.2. The van der Waals surface area contributed by atoms with E-state index in [1.165, 1.54) is 30.7 Å². The van der Waals surface area contributed by atoms with Crippen LogP contribution < -0.4 is 26.9 Å². The van der Waals surface area contributed by atoms with E-state index < -0.39 is 30.3 Å². The summed E-state index contributed by atoms with van der Waals surface area (Å²) in [6.07, 6.45) is 6.47. The van der Waals surface area contributed by atoms with Crippen LogP contribution in [-0.4, -0.2) is 71.4 Å². The number of aryl methyl sites for hydroxylation is 1. The zero-order valence-corrected chi connectivity index (χ0v) is 31.7. The van der Waals surface area contributed by atoms with Gasteiger partial charge in [0.25, 0.3) is 0 Å². The van der Waals surface area contributed by atoms with Crippen LogP contribution in [-0.2, 0) is 30.3 Å². The lowest BCUT2D eigenvalue weighted by molar-refractivity contribution is 0.347. The molecule has 3 aromatic carbocycles. The Bertz CT molecular complexity index is 2090. The summed E-state index contributed by atoms with van der Waals surface area (Å²) in [5.74, 6) is -0.173. The van der Waals surface area contributed by atoms with Crippen molar-refractivity contribution >= 4 is 35.9 Å². The number of anilines is 1. The monoisotopic (exact) mass is 737 g/mol. The van der Waals surface area contributed by atoms with Gasteiger partial charge in [0.2, 0.25) is 10.0 Å². The van der Waals surface area contributed by atoms with Crippen molar-refractivity contribution in [1.29, 1.82) is 0 Å². The van der Waals surface area contributed by atoms with Gasteiger partial charge in [0.05, 0.1) is 50.8 Å². The molecule has 0 fully saturated rings. The van der Waals surface area contributed by atoms with Crippen molar-refractivity contribution in [3.05, 3.63) is 71.3 Å². The molecule has 0 unspecified atom stereocenters. The Morgan fingerprint density at radius 2 is 1.31 bits per heavy atom. The summed E-state index contributed by atoms with van der Waals surface area (Å²) in [5.41, 5.74) is 4.16. The lowest BCUT2D eigenvalue weighted by atomic mass is 9.95. The van der Waals surface area contributed by atoms with Gasteiger partial charge in [0.15, 0.2) is 23.0 Å². The fourth-order valence-corrected chi connectivity index (χ4v) is 6.55. The molecule has 0 aliphatic rings. The van der Waals surface area contributed by atoms with Gasteiger partial charge >= 0.3 is 20.2 Å². The summed E-state index contributed by atoms with van der Waals surface area (Å²) in [7, 11) is -9.21. The Balaban J connectivity index is 2.40. The topological polar surface area (TPSA) is 152 Å². The molecule has 0 spiro atoms. The fourth-order valence-electron chi connectivity index (χ4n) is 4.73. The van der Waals surface area contributed by atoms with Crippen LogP contribution in [0.2, 0.25) is 0 Å². The molecule has 0 saturated carbocycles. The molecule has 0 radical (unpaired) electrons. The van der Waals surface area contributed by atoms with Gasteiger partial charge in [-0.2, -0.15) is 16.8 Å². The Hall–Kier alpha value is -4.21. The number of rotatable bonds is 15. The number of hydrogen-bond donors (Lipinski definition) is 0. The molecule has 0 heterocycles. The van der Waals surface area contributed by atoms with E-state index in [1.54, 1.807) is 49.4 Å². The minimum Gasteiger partial charge on any atom is -0.496 e. The van der Waals surface area contributed by atoms with Crippen LogP contribution in [0.15, 0.2) is 65.8 Å². The second-order valence-electron chi connectivity index (χ2n) is 11.8. The molecule has 0 N–H and O–H groups in total. The normalized spacial score (nSPS) is 11.7. The van der Waals surface area contributed by atoms with Gasteiger partial charge in [-0.05, 0) is 81.7 Å². The summed E-state index contributed by atoms with van der Waals surface area (Å²) in [4.78, 5) is 0. The quantitative estimate of drug-likeness (QED) is 0.131. The van der Waals surface area contributed by atoms with E-state index in [4.69, 9.17) is 22.6 Å². The van der Waals surface area contributed by atoms with Gasteiger partial charge < -0.3 is 22.6 Å². The highest BCUT2D eigenvalue weighted by Gasteiger charge is 2.28. The van der Waals surface area contributed by atoms with Crippen molar-refractivity contribution < 1.29 is 47.8 Å². The van der Waals surface area contributed by atoms with Crippen LogP contribution in [0.3, 0.4) is 0 Å². The number of sulfonamides is 1. The number of benzene rings is 3. The van der Waals surface area contributed by atoms with E-state index in [-0.39, 0.29) is 53.0 Å². The predicted molar refractivity (Wildman–Crippen MR) is 193 cm³/mol. The highest BCUT2D eigenvalue weighted by molar-refractivity contribution is 7.92. The highest BCUT2D eigenvalue weighted by Crippen LogP contribution is 2.52. The molecule has 0 aliphatic heterocycles. The second kappa shape index (κ2) is 15.6. The molecule has 0 atom stereocenters. The van der Waals surface area contributed by atoms with Crippen LogP contribution in [0.5, 0.6) is 28.7 Å². The van der Waals surface area contributed by atoms with Crippen molar-refractivity contribution in [2.24, 2.45) is 0 Å². The van der Waals surface area contributed by atoms with Crippen molar-refractivity contribution in [2.75, 3.05) is 50.4 Å². The molecule has 12 nitrogen and oxygen atoms in total. The number of ether oxygens (including phenoxy) is 3. The van der Waals surface area contributed by atoms with Crippen LogP contribution in [0.1, 0.15) is 33.3 Å². The molecule has 0 saturated heterocycles. The number of allylic oxidation sites excluding steroid dienone is 2. The summed E-state index contributed by atoms with van der Waals surface area (Å²) in [6.45, 7) is 9.52. The first-order valence-electron chi connectivity index (χ1n) is 14.9. The van der Waals surface area contributed by atoms with E-state index in [0.717, 1.165) is 29.9 Å². The number of hydrogen-bond acceptors (Lipinski definition) is 11. The minimum atomic E-state index is -4.18. The molecule has 3 rings (SSSR count). The number of nitrogens with zero attached hydrogens (tertiary/aromatic N) is 1. The zero-order chi connectivity index (χ0) is 36.9. The maximum Gasteiger partial charge on any atom is 0.306 e. The van der Waals surface area contributed by atoms with Gasteiger partial charge in [-0.1, -0.05) is 35.4 Å². The second-order valence-corrected chi connectivity index (χ2v) is 16.8. The van der Waals surface area contributed by atoms with E-state index in [0.29, 0.717) is 22.4 Å². The first-order chi connectivity index (χ1) is 22.6. The van der Waals surface area contributed by atoms with Gasteiger partial charge in [0, 0.05) is 5.56 Å². The number of methoxy groups -OCH3 is 2. The minimum absolute atomic E-state index is 0.0132. The third-order valence-electron chi connectivity index (χ3n) is 6.92. The van der Waals surface area contributed by atoms with Crippen LogP contribution in [0.25, 0.3) is 22.3 Å². The van der Waals surface area contributed by atoms with Crippen LogP contribution in [0.4, 0.5) is 5.69 Å². The largest absolute Gasteiger partial charge is 0.496 e. The Morgan fingerprint density at radius 1 is 0.694 bits per heavy atom. The van der Waals surface area contributed by atoms with Crippen molar-refractivity contribution in [1.82, 2.24) is 0 Å². The standard InChI is InChI=1S/C34H43NO11S3/c1-22(2)15-17-35(47(8,36)37)28-19-25(12-11-24(28)5)27-21-31(42-6)32(34(33(27)43-7)46-49(10,40)41)26-13-14-29(44-18-16-23(3)4)30(20-26)45-48(9,38)39/h11-16,19-21H,17-18H2,1-10H3. The molecule has 0 aliphatic carbocycles. The maximum absolute atomic E-state index is 12.9. The van der Waals surface area contributed by atoms with E-state index in [9.17, 15) is 25.3 Å². The van der Waals surface area contributed by atoms with Crippen molar-refractivity contribution in [2.45, 2.75) is 34.6 Å². The van der Waals surface area contributed by atoms with Crippen LogP contribution in [0, 0.1) is 6.92 Å². The SMILES string of the molecule is COc1cc(-c2ccc(C)c(N(CC=C(C)C)S(C)(=O)=O)c2)c(OC)c(OS(C)(=O)=O)c1-c1ccc(OCC=C(C)C)c(OS(C)(=O)=O)c1. The average molecular weight is 738 g/mol. The summed E-state index contributed by atoms with van der Waals surface area (Å²) < 4.78 is 105. The molecule has 15 heteroatoms. The molecule has 3 aromatic rings. The van der Waals surface area contributed by atoms with Crippen LogP contribution >= 0.6 is 0 Å². The molecule has 268 valence electrons. The van der Waals surface area contributed by atoms with Crippen molar-refractivity contribution in [3.8, 4) is 51.0 Å². The molecule has 0 bridgehead atoms. The average Bonchev–Trinajstić information content (AvgIpc) is 2.95. The van der Waals surface area contributed by atoms with Gasteiger partial charge in [-0.3, -0.25) is 4.31 Å². The lowest BCUT2D eigenvalue weighted by Gasteiger charge is -2.25. The Morgan fingerprint density at radius 3 is 1.84 bits per heavy atom. The van der Waals surface area contributed by atoms with E-state index in [1.807, 2.05) is 27.7 Å². The summed E-state index contributed by atoms with van der Waals surface area (Å²) >= 11 is 0. The first-order valence-corrected chi connectivity index (χ1v) is 20.3. The van der Waals surface area contributed by atoms with Gasteiger partial charge in [-0.25, -0.2) is 8.42 Å². The molecule has 49 heavy (non-hydrogen) atoms. The highest BCUT2D eigenvalue weighted by atomic mass is 32.2. The van der Waals surface area contributed by atoms with E-state index >= 15 is 0 Å².